The summed E-state index contributed by atoms with van der Waals surface area (Å²) in [5.74, 6) is 0.217. The number of hydrogen-bond acceptors (Lipinski definition) is 2. The number of carbonyl (C=O) groups is 1. The van der Waals surface area contributed by atoms with Crippen LogP contribution in [0.25, 0.3) is 0 Å². The molecule has 0 atom stereocenters. The zero-order valence-electron chi connectivity index (χ0n) is 10.6. The van der Waals surface area contributed by atoms with Crippen LogP contribution in [0.2, 0.25) is 0 Å². The van der Waals surface area contributed by atoms with Gasteiger partial charge in [-0.3, -0.25) is 4.79 Å². The number of hydrogen-bond donors (Lipinski definition) is 1. The van der Waals surface area contributed by atoms with E-state index in [-0.39, 0.29) is 11.4 Å². The van der Waals surface area contributed by atoms with Crippen molar-refractivity contribution in [1.29, 1.82) is 0 Å². The minimum absolute atomic E-state index is 0.168. The molecule has 1 fully saturated rings. The lowest BCUT2D eigenvalue weighted by atomic mass is 9.93. The third kappa shape index (κ3) is 3.07. The largest absolute Gasteiger partial charge is 0.339 e. The van der Waals surface area contributed by atoms with E-state index < -0.39 is 0 Å². The van der Waals surface area contributed by atoms with Gasteiger partial charge in [0, 0.05) is 25.0 Å². The second kappa shape index (κ2) is 4.49. The van der Waals surface area contributed by atoms with E-state index in [1.54, 1.807) is 0 Å². The van der Waals surface area contributed by atoms with Gasteiger partial charge in [-0.1, -0.05) is 29.8 Å². The van der Waals surface area contributed by atoms with E-state index in [0.29, 0.717) is 19.5 Å². The lowest BCUT2D eigenvalue weighted by molar-refractivity contribution is -0.138. The summed E-state index contributed by atoms with van der Waals surface area (Å²) >= 11 is 0. The standard InChI is InChI=1S/C14H20N2O/c1-11-4-3-5-12(8-11)6-7-13(17)16-9-14(2,15)10-16/h3-5,8H,6-7,9-10,15H2,1-2H3. The van der Waals surface area contributed by atoms with E-state index in [2.05, 4.69) is 25.1 Å². The average Bonchev–Trinajstić information content (AvgIpc) is 2.22. The number of benzene rings is 1. The molecule has 17 heavy (non-hydrogen) atoms. The van der Waals surface area contributed by atoms with Crippen molar-refractivity contribution in [3.63, 3.8) is 0 Å². The second-order valence-electron chi connectivity index (χ2n) is 5.39. The first kappa shape index (κ1) is 12.1. The predicted molar refractivity (Wildman–Crippen MR) is 68.7 cm³/mol. The Morgan fingerprint density at radius 3 is 2.76 bits per heavy atom. The van der Waals surface area contributed by atoms with E-state index >= 15 is 0 Å². The van der Waals surface area contributed by atoms with Crippen molar-refractivity contribution in [3.8, 4) is 0 Å². The molecule has 2 rings (SSSR count). The van der Waals surface area contributed by atoms with Crippen LogP contribution in [0.15, 0.2) is 24.3 Å². The first-order valence-electron chi connectivity index (χ1n) is 6.08. The van der Waals surface area contributed by atoms with Gasteiger partial charge in [0.1, 0.15) is 0 Å². The third-order valence-electron chi connectivity index (χ3n) is 3.17. The zero-order valence-corrected chi connectivity index (χ0v) is 10.6. The first-order chi connectivity index (χ1) is 7.96. The van der Waals surface area contributed by atoms with E-state index in [0.717, 1.165) is 6.42 Å². The lowest BCUT2D eigenvalue weighted by Gasteiger charge is -2.45. The Kier molecular flexibility index (Phi) is 3.20. The van der Waals surface area contributed by atoms with Gasteiger partial charge < -0.3 is 10.6 Å². The molecule has 0 aromatic heterocycles. The van der Waals surface area contributed by atoms with Crippen LogP contribution in [0.1, 0.15) is 24.5 Å². The molecule has 0 radical (unpaired) electrons. The molecule has 1 aliphatic rings. The number of likely N-dealkylation sites (tertiary alicyclic amines) is 1. The molecule has 1 amide bonds. The van der Waals surface area contributed by atoms with Gasteiger partial charge in [-0.2, -0.15) is 0 Å². The summed E-state index contributed by atoms with van der Waals surface area (Å²) in [6, 6.07) is 8.32. The van der Waals surface area contributed by atoms with Crippen molar-refractivity contribution in [3.05, 3.63) is 35.4 Å². The fourth-order valence-corrected chi connectivity index (χ4v) is 2.28. The van der Waals surface area contributed by atoms with E-state index in [1.165, 1.54) is 11.1 Å². The van der Waals surface area contributed by atoms with Crippen molar-refractivity contribution in [2.24, 2.45) is 5.73 Å². The number of nitrogens with zero attached hydrogens (tertiary/aromatic N) is 1. The van der Waals surface area contributed by atoms with Gasteiger partial charge in [0.2, 0.25) is 5.91 Å². The highest BCUT2D eigenvalue weighted by molar-refractivity contribution is 5.77. The maximum absolute atomic E-state index is 11.8. The number of carbonyl (C=O) groups excluding carboxylic acids is 1. The summed E-state index contributed by atoms with van der Waals surface area (Å²) in [7, 11) is 0. The Morgan fingerprint density at radius 1 is 1.47 bits per heavy atom. The number of aryl methyl sites for hydroxylation is 2. The first-order valence-corrected chi connectivity index (χ1v) is 6.08. The predicted octanol–water partition coefficient (Wildman–Crippen LogP) is 1.49. The van der Waals surface area contributed by atoms with Crippen LogP contribution in [0.4, 0.5) is 0 Å². The third-order valence-corrected chi connectivity index (χ3v) is 3.17. The van der Waals surface area contributed by atoms with Gasteiger partial charge >= 0.3 is 0 Å². The molecule has 1 heterocycles. The topological polar surface area (TPSA) is 46.3 Å². The van der Waals surface area contributed by atoms with Crippen molar-refractivity contribution >= 4 is 5.91 Å². The number of rotatable bonds is 3. The Morgan fingerprint density at radius 2 is 2.18 bits per heavy atom. The molecule has 0 unspecified atom stereocenters. The summed E-state index contributed by atoms with van der Waals surface area (Å²) in [6.07, 6.45) is 1.40. The smallest absolute Gasteiger partial charge is 0.223 e. The summed E-state index contributed by atoms with van der Waals surface area (Å²) in [4.78, 5) is 13.7. The molecule has 92 valence electrons. The molecule has 2 N–H and O–H groups in total. The maximum Gasteiger partial charge on any atom is 0.223 e. The summed E-state index contributed by atoms with van der Waals surface area (Å²) in [5.41, 5.74) is 8.19. The van der Waals surface area contributed by atoms with E-state index in [4.69, 9.17) is 5.73 Å². The van der Waals surface area contributed by atoms with Crippen LogP contribution < -0.4 is 5.73 Å². The minimum atomic E-state index is -0.168. The Balaban J connectivity index is 1.81. The quantitative estimate of drug-likeness (QED) is 0.858. The highest BCUT2D eigenvalue weighted by Crippen LogP contribution is 2.18. The molecule has 0 spiro atoms. The second-order valence-corrected chi connectivity index (χ2v) is 5.39. The molecule has 3 nitrogen and oxygen atoms in total. The number of amides is 1. The van der Waals surface area contributed by atoms with Gasteiger partial charge in [0.15, 0.2) is 0 Å². The summed E-state index contributed by atoms with van der Waals surface area (Å²) < 4.78 is 0. The molecule has 0 saturated carbocycles. The van der Waals surface area contributed by atoms with Crippen LogP contribution in [0.3, 0.4) is 0 Å². The highest BCUT2D eigenvalue weighted by Gasteiger charge is 2.37. The number of nitrogens with two attached hydrogens (primary N) is 1. The van der Waals surface area contributed by atoms with Gasteiger partial charge in [-0.25, -0.2) is 0 Å². The molecule has 3 heteroatoms. The minimum Gasteiger partial charge on any atom is -0.339 e. The summed E-state index contributed by atoms with van der Waals surface area (Å²) in [6.45, 7) is 5.44. The van der Waals surface area contributed by atoms with Crippen LogP contribution in [0, 0.1) is 6.92 Å². The van der Waals surface area contributed by atoms with Crippen molar-refractivity contribution in [2.75, 3.05) is 13.1 Å². The van der Waals surface area contributed by atoms with Gasteiger partial charge in [-0.05, 0) is 25.8 Å². The molecule has 1 aromatic carbocycles. The maximum atomic E-state index is 11.8. The van der Waals surface area contributed by atoms with Crippen LogP contribution in [-0.2, 0) is 11.2 Å². The van der Waals surface area contributed by atoms with Crippen LogP contribution in [0.5, 0.6) is 0 Å². The fourth-order valence-electron chi connectivity index (χ4n) is 2.28. The van der Waals surface area contributed by atoms with E-state index in [1.807, 2.05) is 17.9 Å². The van der Waals surface area contributed by atoms with Gasteiger partial charge in [-0.15, -0.1) is 0 Å². The van der Waals surface area contributed by atoms with Crippen molar-refractivity contribution < 1.29 is 4.79 Å². The molecular formula is C14H20N2O. The van der Waals surface area contributed by atoms with Crippen LogP contribution in [-0.4, -0.2) is 29.4 Å². The average molecular weight is 232 g/mol. The normalized spacial score (nSPS) is 17.7. The van der Waals surface area contributed by atoms with Gasteiger partial charge in [0.25, 0.3) is 0 Å². The highest BCUT2D eigenvalue weighted by atomic mass is 16.2. The molecule has 1 saturated heterocycles. The molecular weight excluding hydrogens is 212 g/mol. The zero-order chi connectivity index (χ0) is 12.5. The molecule has 0 bridgehead atoms. The molecule has 1 aromatic rings. The van der Waals surface area contributed by atoms with Gasteiger partial charge in [0.05, 0.1) is 0 Å². The van der Waals surface area contributed by atoms with Crippen LogP contribution >= 0.6 is 0 Å². The van der Waals surface area contributed by atoms with Crippen molar-refractivity contribution in [1.82, 2.24) is 4.90 Å². The molecule has 0 aliphatic carbocycles. The van der Waals surface area contributed by atoms with Crippen molar-refractivity contribution in [2.45, 2.75) is 32.2 Å². The Hall–Kier alpha value is -1.35. The monoisotopic (exact) mass is 232 g/mol. The Bertz CT molecular complexity index is 418. The summed E-state index contributed by atoms with van der Waals surface area (Å²) in [5, 5.41) is 0. The SMILES string of the molecule is Cc1cccc(CCC(=O)N2CC(C)(N)C2)c1. The van der Waals surface area contributed by atoms with E-state index in [9.17, 15) is 4.79 Å². The fraction of sp³-hybridized carbons (Fsp3) is 0.500. The molecule has 1 aliphatic heterocycles. The Labute approximate surface area is 103 Å². The lowest BCUT2D eigenvalue weighted by Crippen LogP contribution is -2.66.